The van der Waals surface area contributed by atoms with Gasteiger partial charge in [-0.15, -0.1) is 0 Å². The first kappa shape index (κ1) is 18.8. The van der Waals surface area contributed by atoms with Crippen LogP contribution in [0.15, 0.2) is 59.1 Å². The van der Waals surface area contributed by atoms with Gasteiger partial charge in [0.1, 0.15) is 6.04 Å². The number of anilines is 1. The van der Waals surface area contributed by atoms with E-state index in [1.807, 2.05) is 30.3 Å². The van der Waals surface area contributed by atoms with Crippen molar-refractivity contribution in [1.29, 1.82) is 0 Å². The Morgan fingerprint density at radius 3 is 2.32 bits per heavy atom. The van der Waals surface area contributed by atoms with Crippen LogP contribution in [0.3, 0.4) is 0 Å². The maximum absolute atomic E-state index is 13.3. The first-order valence-corrected chi connectivity index (χ1v) is 9.93. The lowest BCUT2D eigenvalue weighted by Gasteiger charge is -2.22. The van der Waals surface area contributed by atoms with E-state index in [0.717, 1.165) is 10.0 Å². The van der Waals surface area contributed by atoms with Crippen LogP contribution in [-0.4, -0.2) is 30.4 Å². The molecule has 2 aromatic carbocycles. The van der Waals surface area contributed by atoms with Gasteiger partial charge in [0.05, 0.1) is 24.1 Å². The van der Waals surface area contributed by atoms with Crippen molar-refractivity contribution in [1.82, 2.24) is 5.32 Å². The number of nitrogens with zero attached hydrogens (tertiary/aromatic N) is 1. The lowest BCUT2D eigenvalue weighted by atomic mass is 9.86. The first-order valence-electron chi connectivity index (χ1n) is 9.14. The molecular weight excluding hydrogens is 424 g/mol. The highest BCUT2D eigenvalue weighted by molar-refractivity contribution is 9.10. The summed E-state index contributed by atoms with van der Waals surface area (Å²) >= 11 is 3.36. The number of carbonyl (C=O) groups is 3. The highest BCUT2D eigenvalue weighted by atomic mass is 79.9. The van der Waals surface area contributed by atoms with E-state index in [-0.39, 0.29) is 18.4 Å². The zero-order chi connectivity index (χ0) is 19.8. The number of amides is 2. The first-order chi connectivity index (χ1) is 13.5. The molecule has 2 amide bonds. The molecule has 2 aromatic rings. The van der Waals surface area contributed by atoms with E-state index >= 15 is 0 Å². The van der Waals surface area contributed by atoms with Crippen LogP contribution in [0.25, 0.3) is 0 Å². The molecule has 0 bridgehead atoms. The SMILES string of the molecule is CCOC(=O)[C@H]1N[C@@H](c2ccccc2)[C@@H]2C(=O)N(c3ccc(Br)cc3)C(=O)[C@@H]21. The number of fused-ring (bicyclic) bond motifs is 1. The largest absolute Gasteiger partial charge is 0.465 e. The quantitative estimate of drug-likeness (QED) is 0.581. The van der Waals surface area contributed by atoms with Crippen LogP contribution in [0.4, 0.5) is 5.69 Å². The van der Waals surface area contributed by atoms with Gasteiger partial charge < -0.3 is 4.74 Å². The van der Waals surface area contributed by atoms with Gasteiger partial charge in [-0.1, -0.05) is 46.3 Å². The smallest absolute Gasteiger partial charge is 0.324 e. The van der Waals surface area contributed by atoms with Crippen molar-refractivity contribution in [2.24, 2.45) is 11.8 Å². The number of nitrogens with one attached hydrogen (secondary N) is 1. The number of imide groups is 1. The van der Waals surface area contributed by atoms with Crippen LogP contribution in [0.2, 0.25) is 0 Å². The number of benzene rings is 2. The van der Waals surface area contributed by atoms with Crippen molar-refractivity contribution < 1.29 is 19.1 Å². The van der Waals surface area contributed by atoms with E-state index in [0.29, 0.717) is 5.69 Å². The van der Waals surface area contributed by atoms with Crippen molar-refractivity contribution in [3.8, 4) is 0 Å². The molecule has 7 heteroatoms. The summed E-state index contributed by atoms with van der Waals surface area (Å²) in [5, 5.41) is 3.19. The highest BCUT2D eigenvalue weighted by Gasteiger charge is 2.61. The van der Waals surface area contributed by atoms with Crippen LogP contribution in [-0.2, 0) is 19.1 Å². The zero-order valence-corrected chi connectivity index (χ0v) is 16.8. The van der Waals surface area contributed by atoms with Crippen molar-refractivity contribution in [3.63, 3.8) is 0 Å². The predicted octanol–water partition coefficient (Wildman–Crippen LogP) is 2.83. The van der Waals surface area contributed by atoms with Gasteiger partial charge in [0.2, 0.25) is 11.8 Å². The molecule has 2 fully saturated rings. The number of hydrogen-bond acceptors (Lipinski definition) is 5. The Hall–Kier alpha value is -2.51. The fourth-order valence-electron chi connectivity index (χ4n) is 4.07. The highest BCUT2D eigenvalue weighted by Crippen LogP contribution is 2.45. The molecule has 0 aliphatic carbocycles. The van der Waals surface area contributed by atoms with Crippen LogP contribution in [0.1, 0.15) is 18.5 Å². The van der Waals surface area contributed by atoms with Crippen LogP contribution >= 0.6 is 15.9 Å². The molecule has 0 aromatic heterocycles. The topological polar surface area (TPSA) is 75.7 Å². The predicted molar refractivity (Wildman–Crippen MR) is 106 cm³/mol. The van der Waals surface area contributed by atoms with Gasteiger partial charge in [0.15, 0.2) is 0 Å². The molecule has 2 aliphatic heterocycles. The van der Waals surface area contributed by atoms with E-state index in [9.17, 15) is 14.4 Å². The van der Waals surface area contributed by atoms with Gasteiger partial charge in [0.25, 0.3) is 0 Å². The van der Waals surface area contributed by atoms with Crippen molar-refractivity contribution >= 4 is 39.4 Å². The Bertz CT molecular complexity index is 916. The molecule has 4 atom stereocenters. The molecule has 4 rings (SSSR count). The monoisotopic (exact) mass is 442 g/mol. The van der Waals surface area contributed by atoms with Gasteiger partial charge in [-0.3, -0.25) is 19.7 Å². The minimum absolute atomic E-state index is 0.211. The molecule has 2 saturated heterocycles. The zero-order valence-electron chi connectivity index (χ0n) is 15.2. The molecule has 144 valence electrons. The van der Waals surface area contributed by atoms with Gasteiger partial charge in [-0.2, -0.15) is 0 Å². The van der Waals surface area contributed by atoms with Crippen molar-refractivity contribution in [3.05, 3.63) is 64.6 Å². The molecular formula is C21H19BrN2O4. The van der Waals surface area contributed by atoms with E-state index in [1.165, 1.54) is 4.90 Å². The Morgan fingerprint density at radius 2 is 1.68 bits per heavy atom. The number of ether oxygens (including phenoxy) is 1. The number of hydrogen-bond donors (Lipinski definition) is 1. The average Bonchev–Trinajstić information content (AvgIpc) is 3.21. The third-order valence-electron chi connectivity index (χ3n) is 5.26. The molecule has 2 heterocycles. The molecule has 1 N–H and O–H groups in total. The van der Waals surface area contributed by atoms with E-state index < -0.39 is 29.9 Å². The third kappa shape index (κ3) is 3.04. The second kappa shape index (κ2) is 7.48. The summed E-state index contributed by atoms with van der Waals surface area (Å²) < 4.78 is 6.02. The summed E-state index contributed by atoms with van der Waals surface area (Å²) in [5.74, 6) is -2.63. The van der Waals surface area contributed by atoms with Crippen LogP contribution in [0, 0.1) is 11.8 Å². The Kier molecular flexibility index (Phi) is 5.03. The lowest BCUT2D eigenvalue weighted by molar-refractivity contribution is -0.148. The summed E-state index contributed by atoms with van der Waals surface area (Å²) in [6, 6.07) is 15.1. The van der Waals surface area contributed by atoms with Crippen molar-refractivity contribution in [2.45, 2.75) is 19.0 Å². The Balaban J connectivity index is 1.75. The fourth-order valence-corrected chi connectivity index (χ4v) is 4.33. The summed E-state index contributed by atoms with van der Waals surface area (Å²) in [5.41, 5.74) is 1.37. The average molecular weight is 443 g/mol. The van der Waals surface area contributed by atoms with E-state index in [1.54, 1.807) is 31.2 Å². The molecule has 0 spiro atoms. The van der Waals surface area contributed by atoms with Crippen molar-refractivity contribution in [2.75, 3.05) is 11.5 Å². The molecule has 6 nitrogen and oxygen atoms in total. The van der Waals surface area contributed by atoms with Gasteiger partial charge in [-0.05, 0) is 36.8 Å². The molecule has 0 unspecified atom stereocenters. The lowest BCUT2D eigenvalue weighted by Crippen LogP contribution is -2.44. The second-order valence-corrected chi connectivity index (χ2v) is 7.74. The minimum atomic E-state index is -0.855. The number of carbonyl (C=O) groups excluding carboxylic acids is 3. The van der Waals surface area contributed by atoms with E-state index in [2.05, 4.69) is 21.2 Å². The standard InChI is InChI=1S/C21H19BrN2O4/c1-2-28-21(27)18-16-15(17(23-18)12-6-4-3-5-7-12)19(25)24(20(16)26)14-10-8-13(22)9-11-14/h3-11,15-18,23H,2H2,1H3/t15-,16+,17+,18+/m1/s1. The minimum Gasteiger partial charge on any atom is -0.465 e. The molecule has 2 aliphatic rings. The van der Waals surface area contributed by atoms with Crippen LogP contribution in [0.5, 0.6) is 0 Å². The summed E-state index contributed by atoms with van der Waals surface area (Å²) in [6.07, 6.45) is 0. The number of halogens is 1. The second-order valence-electron chi connectivity index (χ2n) is 6.82. The normalized spacial score (nSPS) is 26.4. The molecule has 0 saturated carbocycles. The summed E-state index contributed by atoms with van der Waals surface area (Å²) in [4.78, 5) is 40.2. The summed E-state index contributed by atoms with van der Waals surface area (Å²) in [7, 11) is 0. The van der Waals surface area contributed by atoms with E-state index in [4.69, 9.17) is 4.74 Å². The van der Waals surface area contributed by atoms with Gasteiger partial charge in [0, 0.05) is 10.5 Å². The maximum atomic E-state index is 13.3. The molecule has 28 heavy (non-hydrogen) atoms. The Morgan fingerprint density at radius 1 is 1.04 bits per heavy atom. The van der Waals surface area contributed by atoms with Gasteiger partial charge in [-0.25, -0.2) is 4.90 Å². The maximum Gasteiger partial charge on any atom is 0.324 e. The number of rotatable bonds is 4. The fraction of sp³-hybridized carbons (Fsp3) is 0.286. The van der Waals surface area contributed by atoms with Crippen LogP contribution < -0.4 is 10.2 Å². The summed E-state index contributed by atoms with van der Waals surface area (Å²) in [6.45, 7) is 1.93. The third-order valence-corrected chi connectivity index (χ3v) is 5.79. The van der Waals surface area contributed by atoms with Gasteiger partial charge >= 0.3 is 5.97 Å². The number of esters is 1. The Labute approximate surface area is 171 Å². The molecule has 0 radical (unpaired) electrons.